The van der Waals surface area contributed by atoms with E-state index in [9.17, 15) is 0 Å². The fourth-order valence-corrected chi connectivity index (χ4v) is 3.94. The molecule has 4 aromatic rings. The zero-order valence-corrected chi connectivity index (χ0v) is 15.8. The highest BCUT2D eigenvalue weighted by Crippen LogP contribution is 2.29. The van der Waals surface area contributed by atoms with Crippen molar-refractivity contribution in [2.45, 2.75) is 26.4 Å². The predicted molar refractivity (Wildman–Crippen MR) is 104 cm³/mol. The van der Waals surface area contributed by atoms with E-state index in [4.69, 9.17) is 9.51 Å². The third kappa shape index (κ3) is 3.25. The second-order valence-electron chi connectivity index (χ2n) is 6.44. The van der Waals surface area contributed by atoms with Gasteiger partial charge in [-0.2, -0.15) is 4.98 Å². The zero-order chi connectivity index (χ0) is 18.1. The fourth-order valence-electron chi connectivity index (χ4n) is 2.86. The molecule has 0 saturated heterocycles. The van der Waals surface area contributed by atoms with Crippen molar-refractivity contribution < 1.29 is 4.52 Å². The number of hydrogen-bond donors (Lipinski definition) is 0. The van der Waals surface area contributed by atoms with Gasteiger partial charge in [0.05, 0.1) is 22.8 Å². The van der Waals surface area contributed by atoms with Crippen LogP contribution in [0.1, 0.15) is 29.4 Å². The number of fused-ring (bicyclic) bond motifs is 1. The minimum absolute atomic E-state index is 0.168. The van der Waals surface area contributed by atoms with Crippen molar-refractivity contribution in [3.63, 3.8) is 0 Å². The standard InChI is InChI=1S/C20H20N4OS/c1-13-8-4-5-9-15(13)19-22-18(25-23-19)12-24(3)14(2)20-21-16-10-6-7-11-17(16)26-20/h4-11,14H,12H2,1-3H3/t14-/m0/s1. The SMILES string of the molecule is Cc1ccccc1-c1noc(CN(C)[C@@H](C)c2nc3ccccc3s2)n1. The number of aryl methyl sites for hydroxylation is 1. The summed E-state index contributed by atoms with van der Waals surface area (Å²) in [5, 5.41) is 5.23. The Balaban J connectivity index is 1.51. The van der Waals surface area contributed by atoms with Crippen LogP contribution in [0.25, 0.3) is 21.6 Å². The summed E-state index contributed by atoms with van der Waals surface area (Å²) in [6.07, 6.45) is 0. The van der Waals surface area contributed by atoms with Gasteiger partial charge in [-0.1, -0.05) is 41.6 Å². The largest absolute Gasteiger partial charge is 0.338 e. The number of hydrogen-bond acceptors (Lipinski definition) is 6. The highest BCUT2D eigenvalue weighted by atomic mass is 32.1. The lowest BCUT2D eigenvalue weighted by atomic mass is 10.1. The topological polar surface area (TPSA) is 55.1 Å². The van der Waals surface area contributed by atoms with Gasteiger partial charge in [0.15, 0.2) is 0 Å². The van der Waals surface area contributed by atoms with Crippen LogP contribution in [0.2, 0.25) is 0 Å². The minimum atomic E-state index is 0.168. The molecule has 0 amide bonds. The normalized spacial score (nSPS) is 12.8. The van der Waals surface area contributed by atoms with Gasteiger partial charge in [0.2, 0.25) is 11.7 Å². The summed E-state index contributed by atoms with van der Waals surface area (Å²) in [6.45, 7) is 4.78. The molecule has 2 aromatic carbocycles. The quantitative estimate of drug-likeness (QED) is 0.507. The Morgan fingerprint density at radius 1 is 1.08 bits per heavy atom. The Hall–Kier alpha value is -2.57. The van der Waals surface area contributed by atoms with E-state index < -0.39 is 0 Å². The average Bonchev–Trinajstić information content (AvgIpc) is 3.28. The summed E-state index contributed by atoms with van der Waals surface area (Å²) >= 11 is 1.73. The molecule has 0 aliphatic rings. The molecule has 0 aliphatic heterocycles. The monoisotopic (exact) mass is 364 g/mol. The molecule has 2 aromatic heterocycles. The molecular formula is C20H20N4OS. The van der Waals surface area contributed by atoms with Crippen LogP contribution in [0.4, 0.5) is 0 Å². The van der Waals surface area contributed by atoms with Gasteiger partial charge in [-0.05, 0) is 38.6 Å². The zero-order valence-electron chi connectivity index (χ0n) is 15.0. The third-order valence-electron chi connectivity index (χ3n) is 4.57. The lowest BCUT2D eigenvalue weighted by Crippen LogP contribution is -2.22. The van der Waals surface area contributed by atoms with Crippen LogP contribution in [0.5, 0.6) is 0 Å². The van der Waals surface area contributed by atoms with Gasteiger partial charge in [0.1, 0.15) is 5.01 Å². The van der Waals surface area contributed by atoms with Gasteiger partial charge in [-0.3, -0.25) is 4.90 Å². The van der Waals surface area contributed by atoms with Crippen LogP contribution in [-0.2, 0) is 6.54 Å². The van der Waals surface area contributed by atoms with E-state index >= 15 is 0 Å². The molecule has 0 aliphatic carbocycles. The first-order valence-corrected chi connectivity index (χ1v) is 9.38. The molecule has 5 nitrogen and oxygen atoms in total. The molecule has 2 heterocycles. The smallest absolute Gasteiger partial charge is 0.241 e. The van der Waals surface area contributed by atoms with Crippen LogP contribution >= 0.6 is 11.3 Å². The molecule has 0 bridgehead atoms. The molecule has 4 rings (SSSR count). The summed E-state index contributed by atoms with van der Waals surface area (Å²) < 4.78 is 6.68. The molecule has 0 fully saturated rings. The van der Waals surface area contributed by atoms with E-state index in [2.05, 4.69) is 34.1 Å². The first kappa shape index (κ1) is 16.9. The van der Waals surface area contributed by atoms with Gasteiger partial charge in [-0.15, -0.1) is 11.3 Å². The maximum Gasteiger partial charge on any atom is 0.241 e. The summed E-state index contributed by atoms with van der Waals surface area (Å²) in [7, 11) is 2.05. The molecule has 0 radical (unpaired) electrons. The summed E-state index contributed by atoms with van der Waals surface area (Å²) in [4.78, 5) is 11.5. The maximum absolute atomic E-state index is 5.47. The van der Waals surface area contributed by atoms with Gasteiger partial charge in [0, 0.05) is 5.56 Å². The Morgan fingerprint density at radius 2 is 1.85 bits per heavy atom. The van der Waals surface area contributed by atoms with Crippen molar-refractivity contribution >= 4 is 21.6 Å². The predicted octanol–water partition coefficient (Wildman–Crippen LogP) is 4.85. The Morgan fingerprint density at radius 3 is 2.65 bits per heavy atom. The molecule has 0 N–H and O–H groups in total. The second-order valence-corrected chi connectivity index (χ2v) is 7.50. The number of thiazole rings is 1. The van der Waals surface area contributed by atoms with E-state index in [0.717, 1.165) is 21.7 Å². The molecule has 132 valence electrons. The fraction of sp³-hybridized carbons (Fsp3) is 0.250. The molecule has 26 heavy (non-hydrogen) atoms. The van der Waals surface area contributed by atoms with Crippen molar-refractivity contribution in [3.05, 3.63) is 65.0 Å². The lowest BCUT2D eigenvalue weighted by molar-refractivity contribution is 0.216. The lowest BCUT2D eigenvalue weighted by Gasteiger charge is -2.20. The first-order valence-electron chi connectivity index (χ1n) is 8.56. The van der Waals surface area contributed by atoms with E-state index in [1.54, 1.807) is 11.3 Å². The van der Waals surface area contributed by atoms with E-state index in [1.165, 1.54) is 4.70 Å². The minimum Gasteiger partial charge on any atom is -0.338 e. The molecule has 0 unspecified atom stereocenters. The van der Waals surface area contributed by atoms with Crippen molar-refractivity contribution in [2.75, 3.05) is 7.05 Å². The Labute approximate surface area is 156 Å². The van der Waals surface area contributed by atoms with Crippen LogP contribution in [0.15, 0.2) is 53.1 Å². The molecule has 1 atom stereocenters. The van der Waals surface area contributed by atoms with Gasteiger partial charge < -0.3 is 4.52 Å². The Bertz CT molecular complexity index is 1010. The maximum atomic E-state index is 5.47. The number of benzene rings is 2. The molecule has 0 spiro atoms. The first-order chi connectivity index (χ1) is 12.6. The van der Waals surface area contributed by atoms with Crippen molar-refractivity contribution in [2.24, 2.45) is 0 Å². The molecule has 6 heteroatoms. The van der Waals surface area contributed by atoms with Crippen molar-refractivity contribution in [3.8, 4) is 11.4 Å². The van der Waals surface area contributed by atoms with Crippen LogP contribution in [-0.4, -0.2) is 27.1 Å². The van der Waals surface area contributed by atoms with Gasteiger partial charge in [0.25, 0.3) is 0 Å². The summed E-state index contributed by atoms with van der Waals surface area (Å²) in [6, 6.07) is 16.4. The number of rotatable bonds is 5. The highest BCUT2D eigenvalue weighted by Gasteiger charge is 2.19. The third-order valence-corrected chi connectivity index (χ3v) is 5.77. The van der Waals surface area contributed by atoms with Gasteiger partial charge in [-0.25, -0.2) is 4.98 Å². The van der Waals surface area contributed by atoms with Crippen LogP contribution < -0.4 is 0 Å². The van der Waals surface area contributed by atoms with Crippen molar-refractivity contribution in [1.82, 2.24) is 20.0 Å². The second kappa shape index (κ2) is 6.97. The highest BCUT2D eigenvalue weighted by molar-refractivity contribution is 7.18. The Kier molecular flexibility index (Phi) is 4.53. The molecule has 0 saturated carbocycles. The van der Waals surface area contributed by atoms with Crippen LogP contribution in [0, 0.1) is 6.92 Å². The number of aromatic nitrogens is 3. The van der Waals surface area contributed by atoms with E-state index in [1.807, 2.05) is 50.4 Å². The van der Waals surface area contributed by atoms with E-state index in [-0.39, 0.29) is 6.04 Å². The van der Waals surface area contributed by atoms with Crippen molar-refractivity contribution in [1.29, 1.82) is 0 Å². The summed E-state index contributed by atoms with van der Waals surface area (Å²) in [5.41, 5.74) is 3.19. The van der Waals surface area contributed by atoms with Crippen LogP contribution in [0.3, 0.4) is 0 Å². The summed E-state index contributed by atoms with van der Waals surface area (Å²) in [5.74, 6) is 1.25. The average molecular weight is 364 g/mol. The molecular weight excluding hydrogens is 344 g/mol. The van der Waals surface area contributed by atoms with E-state index in [0.29, 0.717) is 18.3 Å². The van der Waals surface area contributed by atoms with Gasteiger partial charge >= 0.3 is 0 Å². The number of para-hydroxylation sites is 1. The number of nitrogens with zero attached hydrogens (tertiary/aromatic N) is 4.